The summed E-state index contributed by atoms with van der Waals surface area (Å²) < 4.78 is 5.85. The normalized spacial score (nSPS) is 18.6. The molecule has 0 aliphatic heterocycles. The summed E-state index contributed by atoms with van der Waals surface area (Å²) in [6.45, 7) is 3.05. The first kappa shape index (κ1) is 17.0. The highest BCUT2D eigenvalue weighted by molar-refractivity contribution is 5.86. The van der Waals surface area contributed by atoms with Crippen LogP contribution in [0.5, 0.6) is 0 Å². The second-order valence-electron chi connectivity index (χ2n) is 6.31. The van der Waals surface area contributed by atoms with E-state index in [9.17, 15) is 4.79 Å². The first-order valence-electron chi connectivity index (χ1n) is 8.35. The van der Waals surface area contributed by atoms with E-state index in [0.29, 0.717) is 19.3 Å². The van der Waals surface area contributed by atoms with Crippen LogP contribution in [-0.2, 0) is 15.1 Å². The summed E-state index contributed by atoms with van der Waals surface area (Å²) in [6, 6.07) is 9.47. The number of ether oxygens (including phenoxy) is 1. The van der Waals surface area contributed by atoms with Crippen molar-refractivity contribution in [1.29, 1.82) is 0 Å². The number of hydrogen-bond acceptors (Lipinski definition) is 3. The Morgan fingerprint density at radius 3 is 2.64 bits per heavy atom. The minimum Gasteiger partial charge on any atom is -0.378 e. The van der Waals surface area contributed by atoms with Crippen LogP contribution >= 0.6 is 0 Å². The lowest BCUT2D eigenvalue weighted by molar-refractivity contribution is -0.126. The molecule has 4 heteroatoms. The van der Waals surface area contributed by atoms with Gasteiger partial charge in [0.05, 0.1) is 6.10 Å². The molecule has 4 nitrogen and oxygen atoms in total. The molecule has 1 aliphatic carbocycles. The third-order valence-electron chi connectivity index (χ3n) is 4.36. The minimum atomic E-state index is -0.995. The number of hydrogen-bond donors (Lipinski definition) is 2. The number of carbonyl (C=O) groups excluding carboxylic acids is 1. The third-order valence-corrected chi connectivity index (χ3v) is 4.36. The standard InChI is InChI=1S/C18H28N2O2/c1-18(19,15-9-4-2-5-10-15)17(21)20-13-8-14-22-16-11-6-3-7-12-16/h2,4-5,9-10,16H,3,6-8,11-14,19H2,1H3,(H,20,21). The molecule has 0 spiro atoms. The van der Waals surface area contributed by atoms with Crippen molar-refractivity contribution < 1.29 is 9.53 Å². The summed E-state index contributed by atoms with van der Waals surface area (Å²) in [4.78, 5) is 12.3. The second-order valence-corrected chi connectivity index (χ2v) is 6.31. The van der Waals surface area contributed by atoms with E-state index in [4.69, 9.17) is 10.5 Å². The topological polar surface area (TPSA) is 64.4 Å². The number of rotatable bonds is 7. The molecule has 22 heavy (non-hydrogen) atoms. The van der Waals surface area contributed by atoms with Gasteiger partial charge in [-0.2, -0.15) is 0 Å². The van der Waals surface area contributed by atoms with E-state index in [1.165, 1.54) is 32.1 Å². The number of nitrogens with two attached hydrogens (primary N) is 1. The summed E-state index contributed by atoms with van der Waals surface area (Å²) in [5, 5.41) is 2.92. The largest absolute Gasteiger partial charge is 0.378 e. The average Bonchev–Trinajstić information content (AvgIpc) is 2.56. The van der Waals surface area contributed by atoms with Gasteiger partial charge in [0.1, 0.15) is 5.54 Å². The number of benzene rings is 1. The first-order valence-corrected chi connectivity index (χ1v) is 8.35. The van der Waals surface area contributed by atoms with Gasteiger partial charge >= 0.3 is 0 Å². The Balaban J connectivity index is 1.66. The van der Waals surface area contributed by atoms with Gasteiger partial charge in [0, 0.05) is 13.2 Å². The van der Waals surface area contributed by atoms with Crippen LogP contribution in [0.1, 0.15) is 51.0 Å². The van der Waals surface area contributed by atoms with Gasteiger partial charge in [-0.1, -0.05) is 49.6 Å². The second kappa shape index (κ2) is 8.30. The summed E-state index contributed by atoms with van der Waals surface area (Å²) in [5.74, 6) is -0.142. The van der Waals surface area contributed by atoms with Crippen molar-refractivity contribution in [2.75, 3.05) is 13.2 Å². The molecule has 3 N–H and O–H groups in total. The van der Waals surface area contributed by atoms with Crippen molar-refractivity contribution in [1.82, 2.24) is 5.32 Å². The Morgan fingerprint density at radius 1 is 1.27 bits per heavy atom. The Kier molecular flexibility index (Phi) is 6.40. The molecule has 1 unspecified atom stereocenters. The van der Waals surface area contributed by atoms with Crippen molar-refractivity contribution in [3.05, 3.63) is 35.9 Å². The molecule has 1 amide bonds. The molecule has 0 radical (unpaired) electrons. The summed E-state index contributed by atoms with van der Waals surface area (Å²) in [5.41, 5.74) is 6.00. The van der Waals surface area contributed by atoms with Crippen molar-refractivity contribution >= 4 is 5.91 Å². The van der Waals surface area contributed by atoms with Crippen LogP contribution in [0.25, 0.3) is 0 Å². The maximum absolute atomic E-state index is 12.3. The van der Waals surface area contributed by atoms with Crippen molar-refractivity contribution in [2.45, 2.75) is 57.1 Å². The van der Waals surface area contributed by atoms with Crippen LogP contribution in [0.3, 0.4) is 0 Å². The summed E-state index contributed by atoms with van der Waals surface area (Å²) in [6.07, 6.45) is 7.52. The van der Waals surface area contributed by atoms with E-state index in [2.05, 4.69) is 5.32 Å². The molecule has 0 bridgehead atoms. The third kappa shape index (κ3) is 4.82. The molecule has 0 aromatic heterocycles. The Hall–Kier alpha value is -1.39. The fraction of sp³-hybridized carbons (Fsp3) is 0.611. The monoisotopic (exact) mass is 304 g/mol. The van der Waals surface area contributed by atoms with Gasteiger partial charge in [0.25, 0.3) is 0 Å². The Bertz CT molecular complexity index is 453. The quantitative estimate of drug-likeness (QED) is 0.761. The first-order chi connectivity index (χ1) is 10.6. The van der Waals surface area contributed by atoms with E-state index in [1.807, 2.05) is 30.3 Å². The lowest BCUT2D eigenvalue weighted by Crippen LogP contribution is -2.49. The SMILES string of the molecule is CC(N)(C(=O)NCCCOC1CCCCC1)c1ccccc1. The average molecular weight is 304 g/mol. The predicted molar refractivity (Wildman–Crippen MR) is 88.4 cm³/mol. The van der Waals surface area contributed by atoms with Crippen LogP contribution in [-0.4, -0.2) is 25.2 Å². The number of carbonyl (C=O) groups is 1. The Labute approximate surface area is 133 Å². The molecule has 1 aromatic carbocycles. The lowest BCUT2D eigenvalue weighted by atomic mass is 9.92. The molecule has 122 valence electrons. The highest BCUT2D eigenvalue weighted by Crippen LogP contribution is 2.20. The summed E-state index contributed by atoms with van der Waals surface area (Å²) in [7, 11) is 0. The fourth-order valence-electron chi connectivity index (χ4n) is 2.85. The van der Waals surface area contributed by atoms with Crippen LogP contribution < -0.4 is 11.1 Å². The summed E-state index contributed by atoms with van der Waals surface area (Å²) >= 11 is 0. The molecule has 1 atom stereocenters. The molecular weight excluding hydrogens is 276 g/mol. The van der Waals surface area contributed by atoms with Crippen molar-refractivity contribution in [3.63, 3.8) is 0 Å². The molecule has 0 heterocycles. The lowest BCUT2D eigenvalue weighted by Gasteiger charge is -2.24. The molecular formula is C18H28N2O2. The highest BCUT2D eigenvalue weighted by atomic mass is 16.5. The number of nitrogens with one attached hydrogen (secondary N) is 1. The van der Waals surface area contributed by atoms with Gasteiger partial charge in [-0.05, 0) is 31.7 Å². The van der Waals surface area contributed by atoms with E-state index in [-0.39, 0.29) is 5.91 Å². The molecule has 1 fully saturated rings. The van der Waals surface area contributed by atoms with Crippen LogP contribution in [0.2, 0.25) is 0 Å². The Morgan fingerprint density at radius 2 is 1.95 bits per heavy atom. The van der Waals surface area contributed by atoms with Crippen LogP contribution in [0.15, 0.2) is 30.3 Å². The highest BCUT2D eigenvalue weighted by Gasteiger charge is 2.29. The zero-order valence-corrected chi connectivity index (χ0v) is 13.5. The van der Waals surface area contributed by atoms with Gasteiger partial charge in [0.2, 0.25) is 5.91 Å². The zero-order valence-electron chi connectivity index (χ0n) is 13.5. The minimum absolute atomic E-state index is 0.142. The van der Waals surface area contributed by atoms with E-state index in [1.54, 1.807) is 6.92 Å². The van der Waals surface area contributed by atoms with Crippen molar-refractivity contribution in [3.8, 4) is 0 Å². The van der Waals surface area contributed by atoms with E-state index in [0.717, 1.165) is 12.0 Å². The van der Waals surface area contributed by atoms with Gasteiger partial charge in [-0.15, -0.1) is 0 Å². The van der Waals surface area contributed by atoms with E-state index >= 15 is 0 Å². The molecule has 1 saturated carbocycles. The van der Waals surface area contributed by atoms with Gasteiger partial charge in [-0.25, -0.2) is 0 Å². The van der Waals surface area contributed by atoms with Crippen molar-refractivity contribution in [2.24, 2.45) is 5.73 Å². The maximum atomic E-state index is 12.3. The predicted octanol–water partition coefficient (Wildman–Crippen LogP) is 2.72. The fourth-order valence-corrected chi connectivity index (χ4v) is 2.85. The van der Waals surface area contributed by atoms with E-state index < -0.39 is 5.54 Å². The van der Waals surface area contributed by atoms with Gasteiger partial charge in [0.15, 0.2) is 0 Å². The number of amides is 1. The maximum Gasteiger partial charge on any atom is 0.244 e. The molecule has 1 aromatic rings. The van der Waals surface area contributed by atoms with Crippen LogP contribution in [0, 0.1) is 0 Å². The molecule has 1 aliphatic rings. The van der Waals surface area contributed by atoms with Gasteiger partial charge < -0.3 is 15.8 Å². The zero-order chi connectivity index (χ0) is 15.8. The molecule has 2 rings (SSSR count). The van der Waals surface area contributed by atoms with Gasteiger partial charge in [-0.3, -0.25) is 4.79 Å². The van der Waals surface area contributed by atoms with Crippen LogP contribution in [0.4, 0.5) is 0 Å². The smallest absolute Gasteiger partial charge is 0.244 e. The molecule has 0 saturated heterocycles.